The molecule has 0 radical (unpaired) electrons. The maximum Gasteiger partial charge on any atom is -0.0135 e. The number of hydrogen-bond acceptors (Lipinski definition) is 0. The molecule has 0 nitrogen and oxygen atoms in total. The second kappa shape index (κ2) is 6.77. The highest BCUT2D eigenvalue weighted by Gasteiger charge is 2.43. The van der Waals surface area contributed by atoms with Crippen molar-refractivity contribution >= 4 is 0 Å². The van der Waals surface area contributed by atoms with Crippen LogP contribution >= 0.6 is 0 Å². The van der Waals surface area contributed by atoms with Crippen molar-refractivity contribution in [2.24, 2.45) is 47.3 Å². The molecule has 0 saturated heterocycles. The van der Waals surface area contributed by atoms with E-state index >= 15 is 0 Å². The van der Waals surface area contributed by atoms with Gasteiger partial charge in [-0.25, -0.2) is 0 Å². The van der Waals surface area contributed by atoms with Crippen LogP contribution in [0.5, 0.6) is 0 Å². The molecule has 8 unspecified atom stereocenters. The van der Waals surface area contributed by atoms with Crippen molar-refractivity contribution in [3.05, 3.63) is 24.3 Å². The first-order chi connectivity index (χ1) is 10.9. The highest BCUT2D eigenvalue weighted by atomic mass is 14.5. The quantitative estimate of drug-likeness (QED) is 0.487. The van der Waals surface area contributed by atoms with Crippen LogP contribution in [-0.4, -0.2) is 0 Å². The van der Waals surface area contributed by atoms with E-state index in [-0.39, 0.29) is 0 Å². The standard InChI is InChI=1S/C23H38/c1-14-7-10-21-19(6)22(17(4)18(5)23(21)11-14)13-20-9-8-15(2)16(3)12-20/h14-17,20-23H,5-13H2,1-4H3. The smallest absolute Gasteiger partial charge is 0.0135 e. The van der Waals surface area contributed by atoms with Gasteiger partial charge < -0.3 is 0 Å². The van der Waals surface area contributed by atoms with E-state index in [1.165, 1.54) is 44.9 Å². The van der Waals surface area contributed by atoms with Crippen LogP contribution < -0.4 is 0 Å². The highest BCUT2D eigenvalue weighted by molar-refractivity contribution is 5.26. The van der Waals surface area contributed by atoms with E-state index in [0.29, 0.717) is 11.8 Å². The van der Waals surface area contributed by atoms with E-state index in [9.17, 15) is 0 Å². The molecule has 0 amide bonds. The van der Waals surface area contributed by atoms with Gasteiger partial charge in [0, 0.05) is 0 Å². The van der Waals surface area contributed by atoms with E-state index in [2.05, 4.69) is 40.9 Å². The molecule has 3 aliphatic rings. The zero-order chi connectivity index (χ0) is 16.7. The van der Waals surface area contributed by atoms with Crippen LogP contribution in [0.4, 0.5) is 0 Å². The summed E-state index contributed by atoms with van der Waals surface area (Å²) in [6, 6.07) is 0. The molecule has 3 rings (SSSR count). The van der Waals surface area contributed by atoms with Crippen LogP contribution in [0.2, 0.25) is 0 Å². The fraction of sp³-hybridized carbons (Fsp3) is 0.826. The molecule has 3 aliphatic carbocycles. The average Bonchev–Trinajstić information content (AvgIpc) is 2.52. The highest BCUT2D eigenvalue weighted by Crippen LogP contribution is 2.53. The molecule has 3 saturated carbocycles. The third kappa shape index (κ3) is 3.33. The first kappa shape index (κ1) is 17.3. The second-order valence-electron chi connectivity index (χ2n) is 9.55. The largest absolute Gasteiger partial charge is 0.0993 e. The minimum atomic E-state index is 0.656. The van der Waals surface area contributed by atoms with Gasteiger partial charge in [0.2, 0.25) is 0 Å². The SMILES string of the molecule is C=C1C(C)C(CC2CCC(C)C(C)C2)C(=C)C2CCC(C)CC12. The van der Waals surface area contributed by atoms with Gasteiger partial charge in [-0.05, 0) is 73.0 Å². The molecule has 0 bridgehead atoms. The predicted octanol–water partition coefficient (Wildman–Crippen LogP) is 6.88. The number of rotatable bonds is 2. The molecule has 130 valence electrons. The van der Waals surface area contributed by atoms with Crippen molar-refractivity contribution in [2.45, 2.75) is 72.6 Å². The molecule has 0 N–H and O–H groups in total. The molecule has 3 fully saturated rings. The summed E-state index contributed by atoms with van der Waals surface area (Å²) >= 11 is 0. The van der Waals surface area contributed by atoms with Gasteiger partial charge in [-0.3, -0.25) is 0 Å². The van der Waals surface area contributed by atoms with Crippen molar-refractivity contribution in [1.82, 2.24) is 0 Å². The third-order valence-corrected chi connectivity index (χ3v) is 8.02. The minimum absolute atomic E-state index is 0.656. The lowest BCUT2D eigenvalue weighted by atomic mass is 9.56. The Morgan fingerprint density at radius 1 is 0.783 bits per heavy atom. The van der Waals surface area contributed by atoms with E-state index < -0.39 is 0 Å². The molecule has 0 aromatic carbocycles. The van der Waals surface area contributed by atoms with Gasteiger partial charge in [-0.2, -0.15) is 0 Å². The van der Waals surface area contributed by atoms with Gasteiger partial charge in [-0.1, -0.05) is 71.3 Å². The van der Waals surface area contributed by atoms with Crippen molar-refractivity contribution in [3.8, 4) is 0 Å². The summed E-state index contributed by atoms with van der Waals surface area (Å²) in [6.45, 7) is 19.0. The van der Waals surface area contributed by atoms with E-state index in [0.717, 1.165) is 35.5 Å². The Labute approximate surface area is 144 Å². The van der Waals surface area contributed by atoms with Crippen molar-refractivity contribution in [3.63, 3.8) is 0 Å². The van der Waals surface area contributed by atoms with Crippen molar-refractivity contribution in [1.29, 1.82) is 0 Å². The maximum atomic E-state index is 4.65. The molecule has 0 aromatic heterocycles. The van der Waals surface area contributed by atoms with Crippen LogP contribution in [0.25, 0.3) is 0 Å². The lowest BCUT2D eigenvalue weighted by molar-refractivity contribution is 0.141. The third-order valence-electron chi connectivity index (χ3n) is 8.02. The first-order valence-electron chi connectivity index (χ1n) is 10.3. The molecule has 23 heavy (non-hydrogen) atoms. The van der Waals surface area contributed by atoms with Crippen LogP contribution in [0.15, 0.2) is 24.3 Å². The molecule has 0 spiro atoms. The lowest BCUT2D eigenvalue weighted by Gasteiger charge is -2.49. The Bertz CT molecular complexity index is 459. The molecule has 8 atom stereocenters. The minimum Gasteiger partial charge on any atom is -0.0993 e. The summed E-state index contributed by atoms with van der Waals surface area (Å²) in [6.07, 6.45) is 9.82. The number of hydrogen-bond donors (Lipinski definition) is 0. The van der Waals surface area contributed by atoms with Crippen LogP contribution in [0.3, 0.4) is 0 Å². The van der Waals surface area contributed by atoms with E-state index in [1.54, 1.807) is 11.1 Å². The van der Waals surface area contributed by atoms with Gasteiger partial charge in [0.05, 0.1) is 0 Å². The van der Waals surface area contributed by atoms with Gasteiger partial charge in [0.25, 0.3) is 0 Å². The normalized spacial score (nSPS) is 48.2. The Balaban J connectivity index is 1.70. The zero-order valence-electron chi connectivity index (χ0n) is 16.0. The van der Waals surface area contributed by atoms with E-state index in [1.807, 2.05) is 0 Å². The molecular formula is C23H38. The number of fused-ring (bicyclic) bond motifs is 1. The van der Waals surface area contributed by atoms with Crippen LogP contribution in [0, 0.1) is 47.3 Å². The molecular weight excluding hydrogens is 276 g/mol. The van der Waals surface area contributed by atoms with Gasteiger partial charge in [-0.15, -0.1) is 0 Å². The predicted molar refractivity (Wildman–Crippen MR) is 101 cm³/mol. The Morgan fingerprint density at radius 2 is 1.52 bits per heavy atom. The van der Waals surface area contributed by atoms with Gasteiger partial charge in [0.15, 0.2) is 0 Å². The first-order valence-corrected chi connectivity index (χ1v) is 10.3. The Morgan fingerprint density at radius 3 is 2.22 bits per heavy atom. The molecule has 0 heterocycles. The fourth-order valence-corrected chi connectivity index (χ4v) is 6.01. The lowest BCUT2D eigenvalue weighted by Crippen LogP contribution is -2.39. The molecule has 0 heteroatoms. The topological polar surface area (TPSA) is 0 Å². The summed E-state index contributed by atoms with van der Waals surface area (Å²) < 4.78 is 0. The Kier molecular flexibility index (Phi) is 5.09. The summed E-state index contributed by atoms with van der Waals surface area (Å²) in [7, 11) is 0. The Hall–Kier alpha value is -0.520. The monoisotopic (exact) mass is 314 g/mol. The second-order valence-corrected chi connectivity index (χ2v) is 9.55. The van der Waals surface area contributed by atoms with Gasteiger partial charge >= 0.3 is 0 Å². The summed E-state index contributed by atoms with van der Waals surface area (Å²) in [5.41, 5.74) is 3.17. The zero-order valence-corrected chi connectivity index (χ0v) is 16.0. The molecule has 0 aliphatic heterocycles. The fourth-order valence-electron chi connectivity index (χ4n) is 6.01. The van der Waals surface area contributed by atoms with Gasteiger partial charge in [0.1, 0.15) is 0 Å². The van der Waals surface area contributed by atoms with Crippen molar-refractivity contribution < 1.29 is 0 Å². The summed E-state index contributed by atoms with van der Waals surface area (Å²) in [4.78, 5) is 0. The molecule has 0 aromatic rings. The van der Waals surface area contributed by atoms with E-state index in [4.69, 9.17) is 0 Å². The van der Waals surface area contributed by atoms with Crippen LogP contribution in [0.1, 0.15) is 72.6 Å². The maximum absolute atomic E-state index is 4.65. The summed E-state index contributed by atoms with van der Waals surface area (Å²) in [5, 5.41) is 0. The van der Waals surface area contributed by atoms with Crippen LogP contribution in [-0.2, 0) is 0 Å². The summed E-state index contributed by atoms with van der Waals surface area (Å²) in [5.74, 6) is 6.50. The number of allylic oxidation sites excluding steroid dienone is 2. The van der Waals surface area contributed by atoms with Crippen molar-refractivity contribution in [2.75, 3.05) is 0 Å². The average molecular weight is 315 g/mol.